The third-order valence-corrected chi connectivity index (χ3v) is 5.10. The molecule has 0 aliphatic heterocycles. The summed E-state index contributed by atoms with van der Waals surface area (Å²) in [6.07, 6.45) is 3.16. The van der Waals surface area contributed by atoms with Gasteiger partial charge in [0, 0.05) is 11.9 Å². The summed E-state index contributed by atoms with van der Waals surface area (Å²) in [4.78, 5) is 12.5. The maximum atomic E-state index is 12.3. The maximum Gasteiger partial charge on any atom is 0.258 e. The average Bonchev–Trinajstić information content (AvgIpc) is 2.97. The highest BCUT2D eigenvalue weighted by atomic mass is 32.2. The summed E-state index contributed by atoms with van der Waals surface area (Å²) in [6, 6.07) is 6.24. The molecule has 23 heavy (non-hydrogen) atoms. The van der Waals surface area contributed by atoms with Gasteiger partial charge in [-0.2, -0.15) is 5.10 Å². The van der Waals surface area contributed by atoms with E-state index in [0.717, 1.165) is 0 Å². The highest BCUT2D eigenvalue weighted by Gasteiger charge is 2.17. The fourth-order valence-electron chi connectivity index (χ4n) is 1.94. The number of nitrogens with zero attached hydrogens (tertiary/aromatic N) is 2. The van der Waals surface area contributed by atoms with Crippen LogP contribution in [-0.2, 0) is 15.4 Å². The van der Waals surface area contributed by atoms with Gasteiger partial charge in [0.05, 0.1) is 27.9 Å². The molecule has 0 spiro atoms. The number of carbonyl (C=O) groups is 1. The summed E-state index contributed by atoms with van der Waals surface area (Å²) >= 11 is 0. The summed E-state index contributed by atoms with van der Waals surface area (Å²) in [7, 11) is -3.30. The van der Waals surface area contributed by atoms with Crippen LogP contribution in [0.2, 0.25) is 0 Å². The first-order valence-corrected chi connectivity index (χ1v) is 8.98. The van der Waals surface area contributed by atoms with E-state index < -0.39 is 9.84 Å². The predicted molar refractivity (Wildman–Crippen MR) is 89.3 cm³/mol. The highest BCUT2D eigenvalue weighted by Crippen LogP contribution is 2.18. The maximum absolute atomic E-state index is 12.3. The van der Waals surface area contributed by atoms with E-state index in [0.29, 0.717) is 11.3 Å². The van der Waals surface area contributed by atoms with Crippen LogP contribution in [0.1, 0.15) is 38.1 Å². The molecule has 1 aromatic carbocycles. The molecule has 6 nitrogen and oxygen atoms in total. The van der Waals surface area contributed by atoms with Crippen LogP contribution in [0.3, 0.4) is 0 Å². The molecule has 0 aliphatic rings. The van der Waals surface area contributed by atoms with Crippen molar-refractivity contribution in [2.45, 2.75) is 38.1 Å². The van der Waals surface area contributed by atoms with Gasteiger partial charge in [-0.3, -0.25) is 9.48 Å². The topological polar surface area (TPSA) is 81.1 Å². The molecule has 0 atom stereocenters. The van der Waals surface area contributed by atoms with E-state index in [1.807, 2.05) is 20.8 Å². The third kappa shape index (κ3) is 3.98. The normalized spacial score (nSPS) is 12.2. The quantitative estimate of drug-likeness (QED) is 0.931. The van der Waals surface area contributed by atoms with E-state index in [9.17, 15) is 13.2 Å². The molecule has 0 saturated carbocycles. The Morgan fingerprint density at radius 3 is 2.57 bits per heavy atom. The zero-order valence-corrected chi connectivity index (χ0v) is 14.5. The van der Waals surface area contributed by atoms with Gasteiger partial charge in [-0.25, -0.2) is 8.42 Å². The van der Waals surface area contributed by atoms with Crippen LogP contribution in [-0.4, -0.2) is 29.9 Å². The lowest BCUT2D eigenvalue weighted by atomic mass is 10.1. The lowest BCUT2D eigenvalue weighted by Gasteiger charge is -2.18. The smallest absolute Gasteiger partial charge is 0.258 e. The first-order valence-electron chi connectivity index (χ1n) is 7.33. The molecular formula is C16H21N3O3S. The van der Waals surface area contributed by atoms with Gasteiger partial charge in [0.25, 0.3) is 5.91 Å². The van der Waals surface area contributed by atoms with E-state index in [4.69, 9.17) is 0 Å². The Morgan fingerprint density at radius 2 is 2.00 bits per heavy atom. The molecule has 1 N–H and O–H groups in total. The number of amides is 1. The zero-order valence-electron chi connectivity index (χ0n) is 13.7. The zero-order chi connectivity index (χ0) is 17.3. The molecule has 124 valence electrons. The van der Waals surface area contributed by atoms with Crippen LogP contribution in [0.25, 0.3) is 0 Å². The van der Waals surface area contributed by atoms with Crippen molar-refractivity contribution in [2.24, 2.45) is 0 Å². The van der Waals surface area contributed by atoms with Crippen molar-refractivity contribution in [2.75, 3.05) is 11.1 Å². The van der Waals surface area contributed by atoms with Crippen LogP contribution in [0.4, 0.5) is 5.69 Å². The third-order valence-electron chi connectivity index (χ3n) is 3.36. The fraction of sp³-hybridized carbons (Fsp3) is 0.375. The SMILES string of the molecule is CCS(=O)(=O)c1cccc(NC(=O)c2cnn(C(C)(C)C)c2)c1. The molecule has 1 heterocycles. The Morgan fingerprint density at radius 1 is 1.30 bits per heavy atom. The minimum absolute atomic E-state index is 0.0166. The summed E-state index contributed by atoms with van der Waals surface area (Å²) in [6.45, 7) is 7.55. The Balaban J connectivity index is 2.21. The average molecular weight is 335 g/mol. The molecule has 1 aromatic heterocycles. The van der Waals surface area contributed by atoms with E-state index >= 15 is 0 Å². The van der Waals surface area contributed by atoms with Crippen LogP contribution in [0.5, 0.6) is 0 Å². The van der Waals surface area contributed by atoms with E-state index in [-0.39, 0.29) is 22.1 Å². The second-order valence-electron chi connectivity index (χ2n) is 6.23. The number of sulfone groups is 1. The van der Waals surface area contributed by atoms with Crippen LogP contribution < -0.4 is 5.32 Å². The largest absolute Gasteiger partial charge is 0.322 e. The lowest BCUT2D eigenvalue weighted by Crippen LogP contribution is -2.22. The summed E-state index contributed by atoms with van der Waals surface area (Å²) in [5.41, 5.74) is 0.643. The van der Waals surface area contributed by atoms with E-state index in [1.165, 1.54) is 18.3 Å². The molecule has 2 aromatic rings. The second kappa shape index (κ2) is 6.16. The molecule has 0 aliphatic carbocycles. The Bertz CT molecular complexity index is 817. The van der Waals surface area contributed by atoms with Gasteiger partial charge in [-0.05, 0) is 39.0 Å². The minimum Gasteiger partial charge on any atom is -0.322 e. The summed E-state index contributed by atoms with van der Waals surface area (Å²) < 4.78 is 25.5. The molecule has 0 unspecified atom stereocenters. The molecule has 7 heteroatoms. The summed E-state index contributed by atoms with van der Waals surface area (Å²) in [5.74, 6) is -0.311. The standard InChI is InChI=1S/C16H21N3O3S/c1-5-23(21,22)14-8-6-7-13(9-14)18-15(20)12-10-17-19(11-12)16(2,3)4/h6-11H,5H2,1-4H3,(H,18,20). The Hall–Kier alpha value is -2.15. The molecule has 0 fully saturated rings. The van der Waals surface area contributed by atoms with Gasteiger partial charge in [0.1, 0.15) is 0 Å². The molecule has 0 radical (unpaired) electrons. The van der Waals surface area contributed by atoms with E-state index in [1.54, 1.807) is 29.9 Å². The predicted octanol–water partition coefficient (Wildman–Crippen LogP) is 2.68. The minimum atomic E-state index is -3.30. The Kier molecular flexibility index (Phi) is 4.61. The number of hydrogen-bond acceptors (Lipinski definition) is 4. The number of nitrogens with one attached hydrogen (secondary N) is 1. The number of carbonyl (C=O) groups excluding carboxylic acids is 1. The van der Waals surface area contributed by atoms with E-state index in [2.05, 4.69) is 10.4 Å². The number of rotatable bonds is 4. The van der Waals surface area contributed by atoms with Crippen LogP contribution >= 0.6 is 0 Å². The Labute approximate surface area is 136 Å². The van der Waals surface area contributed by atoms with Crippen molar-refractivity contribution in [3.05, 3.63) is 42.2 Å². The molecule has 1 amide bonds. The lowest BCUT2D eigenvalue weighted by molar-refractivity contribution is 0.102. The van der Waals surface area contributed by atoms with Crippen molar-refractivity contribution >= 4 is 21.4 Å². The van der Waals surface area contributed by atoms with Crippen molar-refractivity contribution < 1.29 is 13.2 Å². The number of aromatic nitrogens is 2. The molecule has 2 rings (SSSR count). The number of hydrogen-bond donors (Lipinski definition) is 1. The highest BCUT2D eigenvalue weighted by molar-refractivity contribution is 7.91. The molecular weight excluding hydrogens is 314 g/mol. The number of anilines is 1. The van der Waals surface area contributed by atoms with Crippen LogP contribution in [0.15, 0.2) is 41.6 Å². The van der Waals surface area contributed by atoms with Crippen molar-refractivity contribution in [3.8, 4) is 0 Å². The van der Waals surface area contributed by atoms with Gasteiger partial charge in [-0.15, -0.1) is 0 Å². The van der Waals surface area contributed by atoms with Crippen molar-refractivity contribution in [3.63, 3.8) is 0 Å². The van der Waals surface area contributed by atoms with Crippen LogP contribution in [0, 0.1) is 0 Å². The first-order chi connectivity index (χ1) is 10.6. The van der Waals surface area contributed by atoms with Gasteiger partial charge in [-0.1, -0.05) is 13.0 Å². The summed E-state index contributed by atoms with van der Waals surface area (Å²) in [5, 5.41) is 6.88. The van der Waals surface area contributed by atoms with Crippen molar-refractivity contribution in [1.29, 1.82) is 0 Å². The molecule has 0 saturated heterocycles. The first kappa shape index (κ1) is 17.2. The second-order valence-corrected chi connectivity index (χ2v) is 8.51. The van der Waals surface area contributed by atoms with Gasteiger partial charge in [0.15, 0.2) is 9.84 Å². The molecule has 0 bridgehead atoms. The number of benzene rings is 1. The van der Waals surface area contributed by atoms with Gasteiger partial charge in [0.2, 0.25) is 0 Å². The van der Waals surface area contributed by atoms with Gasteiger partial charge >= 0.3 is 0 Å². The fourth-order valence-corrected chi connectivity index (χ4v) is 2.87. The van der Waals surface area contributed by atoms with Gasteiger partial charge < -0.3 is 5.32 Å². The van der Waals surface area contributed by atoms with Crippen molar-refractivity contribution in [1.82, 2.24) is 9.78 Å². The monoisotopic (exact) mass is 335 g/mol.